The molecule has 0 saturated carbocycles. The second kappa shape index (κ2) is 8.80. The molecule has 0 unspecified atom stereocenters. The van der Waals surface area contributed by atoms with Crippen molar-refractivity contribution in [2.24, 2.45) is 0 Å². The number of carbonyl (C=O) groups excluding carboxylic acids is 1. The van der Waals surface area contributed by atoms with Crippen LogP contribution in [-0.4, -0.2) is 44.8 Å². The number of carbonyl (C=O) groups is 1. The summed E-state index contributed by atoms with van der Waals surface area (Å²) in [5.74, 6) is 1.94. The number of nitrogens with zero attached hydrogens (tertiary/aromatic N) is 4. The van der Waals surface area contributed by atoms with E-state index >= 15 is 0 Å². The normalized spacial score (nSPS) is 12.5. The third-order valence-corrected chi connectivity index (χ3v) is 5.84. The molecule has 8 nitrogen and oxygen atoms in total. The number of ether oxygens (including phenoxy) is 2. The summed E-state index contributed by atoms with van der Waals surface area (Å²) < 4.78 is 11.1. The maximum Gasteiger partial charge on any atom is 0.234 e. The third-order valence-electron chi connectivity index (χ3n) is 4.83. The highest BCUT2D eigenvalue weighted by molar-refractivity contribution is 8.00. The number of nitrogens with one attached hydrogen (secondary N) is 1. The van der Waals surface area contributed by atoms with Crippen molar-refractivity contribution < 1.29 is 14.3 Å². The average molecular weight is 446 g/mol. The summed E-state index contributed by atoms with van der Waals surface area (Å²) in [6, 6.07) is 13.3. The molecule has 0 atom stereocenters. The molecule has 2 aromatic heterocycles. The number of anilines is 1. The van der Waals surface area contributed by atoms with Crippen LogP contribution in [0.25, 0.3) is 22.4 Å². The van der Waals surface area contributed by atoms with E-state index in [0.29, 0.717) is 52.3 Å². The van der Waals surface area contributed by atoms with Crippen LogP contribution in [0.15, 0.2) is 60.0 Å². The highest BCUT2D eigenvalue weighted by Crippen LogP contribution is 2.33. The zero-order valence-electron chi connectivity index (χ0n) is 17.2. The zero-order valence-corrected chi connectivity index (χ0v) is 18.1. The van der Waals surface area contributed by atoms with Crippen LogP contribution in [0.2, 0.25) is 0 Å². The molecule has 1 amide bonds. The van der Waals surface area contributed by atoms with E-state index in [-0.39, 0.29) is 11.7 Å². The van der Waals surface area contributed by atoms with E-state index in [1.54, 1.807) is 24.4 Å². The largest absolute Gasteiger partial charge is 0.486 e. The maximum absolute atomic E-state index is 12.5. The lowest BCUT2D eigenvalue weighted by Gasteiger charge is -2.19. The van der Waals surface area contributed by atoms with Gasteiger partial charge in [-0.05, 0) is 19.1 Å². The van der Waals surface area contributed by atoms with Crippen LogP contribution >= 0.6 is 11.8 Å². The summed E-state index contributed by atoms with van der Waals surface area (Å²) >= 11 is 1.31. The molecule has 0 saturated heterocycles. The molecular formula is C23H19N5O3S. The number of amides is 1. The van der Waals surface area contributed by atoms with Gasteiger partial charge < -0.3 is 14.8 Å². The number of hydrogen-bond donors (Lipinski definition) is 1. The van der Waals surface area contributed by atoms with Gasteiger partial charge in [-0.2, -0.15) is 0 Å². The molecule has 32 heavy (non-hydrogen) atoms. The SMILES string of the molecule is Cc1ccc(-c2ncc3c(SCC(=O)Nc4ccc5c(c4)OCCO5)ncnc3n2)cc1. The first kappa shape index (κ1) is 20.2. The molecule has 0 radical (unpaired) electrons. The Morgan fingerprint density at radius 1 is 1.03 bits per heavy atom. The molecule has 3 heterocycles. The Morgan fingerprint density at radius 3 is 2.69 bits per heavy atom. The van der Waals surface area contributed by atoms with Gasteiger partial charge in [-0.1, -0.05) is 41.6 Å². The van der Waals surface area contributed by atoms with Gasteiger partial charge in [0, 0.05) is 23.5 Å². The highest BCUT2D eigenvalue weighted by atomic mass is 32.2. The van der Waals surface area contributed by atoms with Gasteiger partial charge in [-0.15, -0.1) is 0 Å². The molecule has 1 N–H and O–H groups in total. The van der Waals surface area contributed by atoms with Crippen molar-refractivity contribution in [1.29, 1.82) is 0 Å². The van der Waals surface area contributed by atoms with Crippen molar-refractivity contribution in [2.75, 3.05) is 24.3 Å². The summed E-state index contributed by atoms with van der Waals surface area (Å²) in [6.45, 7) is 3.05. The molecule has 1 aliphatic heterocycles. The minimum atomic E-state index is -0.157. The van der Waals surface area contributed by atoms with Gasteiger partial charge in [-0.3, -0.25) is 4.79 Å². The third kappa shape index (κ3) is 4.33. The van der Waals surface area contributed by atoms with Crippen LogP contribution in [0.3, 0.4) is 0 Å². The highest BCUT2D eigenvalue weighted by Gasteiger charge is 2.14. The standard InChI is InChI=1S/C23H19N5O3S/c1-14-2-4-15(5-3-14)21-24-11-17-22(28-21)25-13-26-23(17)32-12-20(29)27-16-6-7-18-19(10-16)31-9-8-30-18/h2-7,10-11,13H,8-9,12H2,1H3,(H,27,29). The van der Waals surface area contributed by atoms with Gasteiger partial charge >= 0.3 is 0 Å². The van der Waals surface area contributed by atoms with Gasteiger partial charge in [0.1, 0.15) is 24.6 Å². The van der Waals surface area contributed by atoms with E-state index in [4.69, 9.17) is 9.47 Å². The zero-order chi connectivity index (χ0) is 21.9. The maximum atomic E-state index is 12.5. The quantitative estimate of drug-likeness (QED) is 0.365. The Bertz CT molecular complexity index is 1300. The monoisotopic (exact) mass is 445 g/mol. The number of hydrogen-bond acceptors (Lipinski definition) is 8. The number of aromatic nitrogens is 4. The van der Waals surface area contributed by atoms with Gasteiger partial charge in [0.05, 0.1) is 11.1 Å². The van der Waals surface area contributed by atoms with E-state index in [9.17, 15) is 4.79 Å². The van der Waals surface area contributed by atoms with E-state index in [1.807, 2.05) is 31.2 Å². The number of benzene rings is 2. The Labute approximate surface area is 188 Å². The molecule has 1 aliphatic rings. The Hall–Kier alpha value is -3.72. The lowest BCUT2D eigenvalue weighted by atomic mass is 10.1. The molecule has 9 heteroatoms. The first-order valence-electron chi connectivity index (χ1n) is 10.0. The van der Waals surface area contributed by atoms with Gasteiger partial charge in [0.2, 0.25) is 5.91 Å². The lowest BCUT2D eigenvalue weighted by molar-refractivity contribution is -0.113. The number of rotatable bonds is 5. The van der Waals surface area contributed by atoms with Gasteiger partial charge in [0.15, 0.2) is 23.0 Å². The summed E-state index contributed by atoms with van der Waals surface area (Å²) in [4.78, 5) is 30.1. The molecule has 0 aliphatic carbocycles. The second-order valence-corrected chi connectivity index (χ2v) is 8.14. The van der Waals surface area contributed by atoms with Crippen molar-refractivity contribution in [2.45, 2.75) is 11.9 Å². The summed E-state index contributed by atoms with van der Waals surface area (Å²) in [6.07, 6.45) is 3.16. The summed E-state index contributed by atoms with van der Waals surface area (Å²) in [5, 5.41) is 4.24. The molecule has 0 spiro atoms. The molecule has 4 aromatic rings. The first-order chi connectivity index (χ1) is 15.7. The molecule has 160 valence electrons. The van der Waals surface area contributed by atoms with Crippen molar-refractivity contribution in [3.63, 3.8) is 0 Å². The van der Waals surface area contributed by atoms with Crippen molar-refractivity contribution in [1.82, 2.24) is 19.9 Å². The molecule has 0 fully saturated rings. The lowest BCUT2D eigenvalue weighted by Crippen LogP contribution is -2.17. The van der Waals surface area contributed by atoms with E-state index in [1.165, 1.54) is 23.7 Å². The fraction of sp³-hybridized carbons (Fsp3) is 0.174. The van der Waals surface area contributed by atoms with Crippen molar-refractivity contribution in [3.8, 4) is 22.9 Å². The number of thioether (sulfide) groups is 1. The fourth-order valence-electron chi connectivity index (χ4n) is 3.24. The fourth-order valence-corrected chi connectivity index (χ4v) is 4.00. The summed E-state index contributed by atoms with van der Waals surface area (Å²) in [7, 11) is 0. The Balaban J connectivity index is 1.28. The molecule has 0 bridgehead atoms. The average Bonchev–Trinajstić information content (AvgIpc) is 2.83. The van der Waals surface area contributed by atoms with Crippen LogP contribution in [-0.2, 0) is 4.79 Å². The van der Waals surface area contributed by atoms with E-state index in [2.05, 4.69) is 25.3 Å². The van der Waals surface area contributed by atoms with E-state index in [0.717, 1.165) is 5.56 Å². The summed E-state index contributed by atoms with van der Waals surface area (Å²) in [5.41, 5.74) is 3.29. The Kier molecular flexibility index (Phi) is 5.55. The van der Waals surface area contributed by atoms with Crippen LogP contribution in [0.4, 0.5) is 5.69 Å². The van der Waals surface area contributed by atoms with Crippen molar-refractivity contribution >= 4 is 34.4 Å². The van der Waals surface area contributed by atoms with Gasteiger partial charge in [-0.25, -0.2) is 19.9 Å². The number of aryl methyl sites for hydroxylation is 1. The van der Waals surface area contributed by atoms with Crippen LogP contribution in [0.5, 0.6) is 11.5 Å². The molecule has 5 rings (SSSR count). The van der Waals surface area contributed by atoms with E-state index < -0.39 is 0 Å². The Morgan fingerprint density at radius 2 is 1.84 bits per heavy atom. The smallest absolute Gasteiger partial charge is 0.234 e. The minimum Gasteiger partial charge on any atom is -0.486 e. The first-order valence-corrected chi connectivity index (χ1v) is 11.0. The topological polar surface area (TPSA) is 99.1 Å². The van der Waals surface area contributed by atoms with Crippen LogP contribution < -0.4 is 14.8 Å². The molecule has 2 aromatic carbocycles. The predicted octanol–water partition coefficient (Wildman–Crippen LogP) is 3.90. The van der Waals surface area contributed by atoms with Crippen LogP contribution in [0.1, 0.15) is 5.56 Å². The minimum absolute atomic E-state index is 0.157. The van der Waals surface area contributed by atoms with Crippen molar-refractivity contribution in [3.05, 3.63) is 60.6 Å². The molecular weight excluding hydrogens is 426 g/mol. The number of fused-ring (bicyclic) bond motifs is 2. The predicted molar refractivity (Wildman–Crippen MR) is 122 cm³/mol. The van der Waals surface area contributed by atoms with Gasteiger partial charge in [0.25, 0.3) is 0 Å². The second-order valence-electron chi connectivity index (χ2n) is 7.17. The van der Waals surface area contributed by atoms with Crippen LogP contribution in [0, 0.1) is 6.92 Å².